The molecule has 0 radical (unpaired) electrons. The first-order chi connectivity index (χ1) is 11.2. The van der Waals surface area contributed by atoms with Gasteiger partial charge in [0, 0.05) is 37.8 Å². The Morgan fingerprint density at radius 1 is 1.21 bits per heavy atom. The number of rotatable bonds is 4. The summed E-state index contributed by atoms with van der Waals surface area (Å²) in [6.45, 7) is 10.5. The molecule has 0 aromatic heterocycles. The largest absolute Gasteiger partial charge is 0.363 e. The van der Waals surface area contributed by atoms with Crippen LogP contribution in [0.2, 0.25) is 0 Å². The molecule has 24 heavy (non-hydrogen) atoms. The number of anilines is 1. The van der Waals surface area contributed by atoms with Crippen molar-refractivity contribution >= 4 is 17.3 Å². The van der Waals surface area contributed by atoms with Crippen LogP contribution in [0.5, 0.6) is 0 Å². The first-order valence-corrected chi connectivity index (χ1v) is 8.23. The van der Waals surface area contributed by atoms with E-state index in [9.17, 15) is 14.9 Å². The molecule has 7 heteroatoms. The maximum absolute atomic E-state index is 12.3. The van der Waals surface area contributed by atoms with Crippen LogP contribution in [-0.2, 0) is 4.79 Å². The van der Waals surface area contributed by atoms with Gasteiger partial charge in [-0.05, 0) is 33.8 Å². The maximum atomic E-state index is 12.3. The number of benzene rings is 1. The van der Waals surface area contributed by atoms with E-state index in [1.165, 1.54) is 6.07 Å². The third-order valence-corrected chi connectivity index (χ3v) is 4.16. The maximum Gasteiger partial charge on any atom is 0.292 e. The molecular formula is C17H26N4O3. The second-order valence-corrected chi connectivity index (χ2v) is 7.18. The van der Waals surface area contributed by atoms with Crippen molar-refractivity contribution in [3.63, 3.8) is 0 Å². The molecule has 2 rings (SSSR count). The van der Waals surface area contributed by atoms with Crippen LogP contribution in [0.3, 0.4) is 0 Å². The van der Waals surface area contributed by atoms with Crippen LogP contribution < -0.4 is 10.2 Å². The van der Waals surface area contributed by atoms with Crippen molar-refractivity contribution in [1.82, 2.24) is 10.2 Å². The van der Waals surface area contributed by atoms with E-state index in [0.717, 1.165) is 0 Å². The minimum absolute atomic E-state index is 0.0154. The number of nitro groups is 1. The topological polar surface area (TPSA) is 78.7 Å². The zero-order valence-electron chi connectivity index (χ0n) is 14.8. The molecule has 7 nitrogen and oxygen atoms in total. The number of carbonyl (C=O) groups is 1. The highest BCUT2D eigenvalue weighted by atomic mass is 16.6. The Balaban J connectivity index is 1.99. The molecular weight excluding hydrogens is 308 g/mol. The molecule has 0 spiro atoms. The fourth-order valence-corrected chi connectivity index (χ4v) is 2.88. The number of hydrogen-bond acceptors (Lipinski definition) is 5. The molecule has 1 heterocycles. The number of para-hydroxylation sites is 2. The van der Waals surface area contributed by atoms with Crippen LogP contribution in [0.25, 0.3) is 0 Å². The SMILES string of the molecule is C[C@@H](C(=O)NC(C)(C)C)N1CCN(c2ccccc2[N+](=O)[O-])CC1. The molecule has 1 aliphatic rings. The van der Waals surface area contributed by atoms with Crippen molar-refractivity contribution in [1.29, 1.82) is 0 Å². The lowest BCUT2D eigenvalue weighted by molar-refractivity contribution is -0.384. The van der Waals surface area contributed by atoms with Crippen molar-refractivity contribution in [2.45, 2.75) is 39.3 Å². The van der Waals surface area contributed by atoms with Crippen LogP contribution in [0.15, 0.2) is 24.3 Å². The molecule has 0 unspecified atom stereocenters. The number of nitrogens with zero attached hydrogens (tertiary/aromatic N) is 3. The van der Waals surface area contributed by atoms with Gasteiger partial charge >= 0.3 is 0 Å². The summed E-state index contributed by atoms with van der Waals surface area (Å²) in [5.41, 5.74) is 0.524. The van der Waals surface area contributed by atoms with Crippen molar-refractivity contribution in [3.8, 4) is 0 Å². The molecule has 1 fully saturated rings. The Bertz CT molecular complexity index is 604. The molecule has 1 amide bonds. The highest BCUT2D eigenvalue weighted by molar-refractivity contribution is 5.82. The van der Waals surface area contributed by atoms with E-state index in [-0.39, 0.29) is 28.1 Å². The molecule has 132 valence electrons. The van der Waals surface area contributed by atoms with Gasteiger partial charge in [-0.3, -0.25) is 19.8 Å². The Kier molecular flexibility index (Phi) is 5.43. The van der Waals surface area contributed by atoms with Crippen molar-refractivity contribution in [2.24, 2.45) is 0 Å². The number of carbonyl (C=O) groups excluding carboxylic acids is 1. The van der Waals surface area contributed by atoms with Crippen molar-refractivity contribution < 1.29 is 9.72 Å². The fraction of sp³-hybridized carbons (Fsp3) is 0.588. The van der Waals surface area contributed by atoms with Crippen LogP contribution in [0, 0.1) is 10.1 Å². The molecule has 1 N–H and O–H groups in total. The van der Waals surface area contributed by atoms with E-state index in [1.807, 2.05) is 38.7 Å². The molecule has 1 aliphatic heterocycles. The second kappa shape index (κ2) is 7.17. The molecule has 1 aromatic carbocycles. The van der Waals surface area contributed by atoms with E-state index in [1.54, 1.807) is 12.1 Å². The van der Waals surface area contributed by atoms with Gasteiger partial charge < -0.3 is 10.2 Å². The van der Waals surface area contributed by atoms with Gasteiger partial charge in [-0.2, -0.15) is 0 Å². The number of nitrogens with one attached hydrogen (secondary N) is 1. The van der Waals surface area contributed by atoms with Crippen molar-refractivity contribution in [2.75, 3.05) is 31.1 Å². The highest BCUT2D eigenvalue weighted by Gasteiger charge is 2.29. The minimum atomic E-state index is -0.346. The van der Waals surface area contributed by atoms with Gasteiger partial charge in [-0.25, -0.2) is 0 Å². The van der Waals surface area contributed by atoms with Gasteiger partial charge in [0.15, 0.2) is 0 Å². The summed E-state index contributed by atoms with van der Waals surface area (Å²) in [6, 6.07) is 6.59. The quantitative estimate of drug-likeness (QED) is 0.673. The number of hydrogen-bond donors (Lipinski definition) is 1. The van der Waals surface area contributed by atoms with Gasteiger partial charge in [0.1, 0.15) is 5.69 Å². The summed E-state index contributed by atoms with van der Waals surface area (Å²) in [6.07, 6.45) is 0. The van der Waals surface area contributed by atoms with Crippen LogP contribution in [0.4, 0.5) is 11.4 Å². The van der Waals surface area contributed by atoms with E-state index in [2.05, 4.69) is 10.2 Å². The van der Waals surface area contributed by atoms with Gasteiger partial charge in [0.2, 0.25) is 5.91 Å². The smallest absolute Gasteiger partial charge is 0.292 e. The lowest BCUT2D eigenvalue weighted by atomic mass is 10.1. The first kappa shape index (κ1) is 18.2. The van der Waals surface area contributed by atoms with Crippen LogP contribution >= 0.6 is 0 Å². The first-order valence-electron chi connectivity index (χ1n) is 8.23. The average Bonchev–Trinajstić information content (AvgIpc) is 2.52. The van der Waals surface area contributed by atoms with E-state index < -0.39 is 0 Å². The van der Waals surface area contributed by atoms with Gasteiger partial charge in [0.25, 0.3) is 5.69 Å². The summed E-state index contributed by atoms with van der Waals surface area (Å²) in [5, 5.41) is 14.2. The van der Waals surface area contributed by atoms with Crippen LogP contribution in [0.1, 0.15) is 27.7 Å². The van der Waals surface area contributed by atoms with Gasteiger partial charge in [0.05, 0.1) is 11.0 Å². The predicted molar refractivity (Wildman–Crippen MR) is 94.2 cm³/mol. The summed E-state index contributed by atoms with van der Waals surface area (Å²) >= 11 is 0. The Hall–Kier alpha value is -2.15. The van der Waals surface area contributed by atoms with Crippen molar-refractivity contribution in [3.05, 3.63) is 34.4 Å². The lowest BCUT2D eigenvalue weighted by Gasteiger charge is -2.39. The summed E-state index contributed by atoms with van der Waals surface area (Å²) in [5.74, 6) is 0.0154. The summed E-state index contributed by atoms with van der Waals surface area (Å²) in [4.78, 5) is 27.3. The Morgan fingerprint density at radius 2 is 1.79 bits per heavy atom. The Labute approximate surface area is 142 Å². The standard InChI is InChI=1S/C17H26N4O3/c1-13(16(22)18-17(2,3)4)19-9-11-20(12-10-19)14-7-5-6-8-15(14)21(23)24/h5-8,13H,9-12H2,1-4H3,(H,18,22)/t13-/m0/s1. The fourth-order valence-electron chi connectivity index (χ4n) is 2.88. The van der Waals surface area contributed by atoms with E-state index in [4.69, 9.17) is 0 Å². The molecule has 1 saturated heterocycles. The minimum Gasteiger partial charge on any atom is -0.363 e. The third-order valence-electron chi connectivity index (χ3n) is 4.16. The zero-order valence-corrected chi connectivity index (χ0v) is 14.8. The number of amides is 1. The highest BCUT2D eigenvalue weighted by Crippen LogP contribution is 2.28. The molecule has 1 aromatic rings. The van der Waals surface area contributed by atoms with Gasteiger partial charge in [-0.15, -0.1) is 0 Å². The summed E-state index contributed by atoms with van der Waals surface area (Å²) in [7, 11) is 0. The van der Waals surface area contributed by atoms with E-state index >= 15 is 0 Å². The van der Waals surface area contributed by atoms with Crippen LogP contribution in [-0.4, -0.2) is 53.5 Å². The summed E-state index contributed by atoms with van der Waals surface area (Å²) < 4.78 is 0. The number of nitro benzene ring substituents is 1. The number of piperazine rings is 1. The lowest BCUT2D eigenvalue weighted by Crippen LogP contribution is -2.56. The molecule has 0 bridgehead atoms. The van der Waals surface area contributed by atoms with Gasteiger partial charge in [-0.1, -0.05) is 12.1 Å². The molecule has 0 aliphatic carbocycles. The Morgan fingerprint density at radius 3 is 2.33 bits per heavy atom. The van der Waals surface area contributed by atoms with E-state index in [0.29, 0.717) is 31.9 Å². The zero-order chi connectivity index (χ0) is 17.9. The second-order valence-electron chi connectivity index (χ2n) is 7.18. The average molecular weight is 334 g/mol. The predicted octanol–water partition coefficient (Wildman–Crippen LogP) is 2.02. The normalized spacial score (nSPS) is 17.4. The molecule has 1 atom stereocenters. The third kappa shape index (κ3) is 4.44. The monoisotopic (exact) mass is 334 g/mol. The molecule has 0 saturated carbocycles.